The van der Waals surface area contributed by atoms with Crippen LogP contribution in [0, 0.1) is 0 Å². The van der Waals surface area contributed by atoms with Crippen LogP contribution < -0.4 is 19.5 Å². The van der Waals surface area contributed by atoms with Gasteiger partial charge >= 0.3 is 6.09 Å². The molecule has 2 aromatic heterocycles. The van der Waals surface area contributed by atoms with Gasteiger partial charge < -0.3 is 34.1 Å². The lowest BCUT2D eigenvalue weighted by molar-refractivity contribution is 0.0290. The molecule has 1 saturated heterocycles. The van der Waals surface area contributed by atoms with Crippen LogP contribution in [-0.2, 0) is 4.74 Å². The maximum atomic E-state index is 13.3. The van der Waals surface area contributed by atoms with Crippen LogP contribution in [-0.4, -0.2) is 70.0 Å². The number of aromatic amines is 1. The van der Waals surface area contributed by atoms with Gasteiger partial charge in [-0.2, -0.15) is 0 Å². The minimum atomic E-state index is -0.573. The lowest BCUT2D eigenvalue weighted by Crippen LogP contribution is -2.40. The molecule has 5 rings (SSSR count). The smallest absolute Gasteiger partial charge is 0.410 e. The second-order valence-corrected chi connectivity index (χ2v) is 10.4. The van der Waals surface area contributed by atoms with E-state index in [-0.39, 0.29) is 24.8 Å². The van der Waals surface area contributed by atoms with E-state index in [1.165, 1.54) is 6.33 Å². The van der Waals surface area contributed by atoms with Gasteiger partial charge in [0.15, 0.2) is 11.5 Å². The molecule has 3 aromatic rings. The third-order valence-corrected chi connectivity index (χ3v) is 6.38. The van der Waals surface area contributed by atoms with E-state index in [1.54, 1.807) is 11.1 Å². The number of rotatable bonds is 7. The normalized spacial score (nSPS) is 16.6. The highest BCUT2D eigenvalue weighted by Gasteiger charge is 2.32. The van der Waals surface area contributed by atoms with E-state index in [2.05, 4.69) is 27.2 Å². The van der Waals surface area contributed by atoms with E-state index in [0.717, 1.165) is 12.8 Å². The molecule has 2 aliphatic heterocycles. The molecule has 1 atom stereocenters. The number of hydrogen-bond acceptors (Lipinski definition) is 8. The van der Waals surface area contributed by atoms with Crippen LogP contribution in [0.2, 0.25) is 0 Å². The van der Waals surface area contributed by atoms with E-state index >= 15 is 0 Å². The maximum Gasteiger partial charge on any atom is 0.410 e. The predicted octanol–water partition coefficient (Wildman–Crippen LogP) is 4.27. The lowest BCUT2D eigenvalue weighted by atomic mass is 10.1. The summed E-state index contributed by atoms with van der Waals surface area (Å²) in [6, 6.07) is 3.48. The quantitative estimate of drug-likeness (QED) is 0.440. The molecular weight excluding hydrogens is 490 g/mol. The first-order chi connectivity index (χ1) is 18.2. The largest absolute Gasteiger partial charge is 0.493 e. The van der Waals surface area contributed by atoms with Crippen LogP contribution in [0.4, 0.5) is 4.79 Å². The molecule has 11 heteroatoms. The lowest BCUT2D eigenvalue weighted by Gasteiger charge is -2.24. The van der Waals surface area contributed by atoms with Gasteiger partial charge in [0, 0.05) is 25.3 Å². The van der Waals surface area contributed by atoms with Crippen LogP contribution in [0.15, 0.2) is 24.7 Å². The van der Waals surface area contributed by atoms with Gasteiger partial charge in [-0.25, -0.2) is 14.8 Å². The number of nitrogens with one attached hydrogen (secondary N) is 2. The molecule has 0 spiro atoms. The second kappa shape index (κ2) is 10.4. The highest BCUT2D eigenvalue weighted by Crippen LogP contribution is 2.47. The van der Waals surface area contributed by atoms with Crippen molar-refractivity contribution in [3.63, 3.8) is 0 Å². The summed E-state index contributed by atoms with van der Waals surface area (Å²) in [5.74, 6) is 1.49. The average molecular weight is 524 g/mol. The van der Waals surface area contributed by atoms with Gasteiger partial charge in [-0.15, -0.1) is 0 Å². The third kappa shape index (κ3) is 5.18. The van der Waals surface area contributed by atoms with Crippen molar-refractivity contribution in [1.82, 2.24) is 25.2 Å². The minimum Gasteiger partial charge on any atom is -0.493 e. The highest BCUT2D eigenvalue weighted by atomic mass is 16.7. The fourth-order valence-electron chi connectivity index (χ4n) is 4.56. The molecule has 1 aromatic carbocycles. The Hall–Kier alpha value is -4.02. The van der Waals surface area contributed by atoms with Gasteiger partial charge in [0.05, 0.1) is 23.3 Å². The molecule has 0 bridgehead atoms. The standard InChI is InChI=1S/C27H33N5O6/c1-5-6-11-35-18-7-8-19-24(37-15-36-19)20(18)22-23-21(29-14-30-22)17(12-28-23)25(33)31-16-9-10-32(13-16)26(34)38-27(2,3)4/h7-8,12,14,16,28H,5-6,9-11,13,15H2,1-4H3,(H,31,33). The number of aromatic nitrogens is 3. The summed E-state index contributed by atoms with van der Waals surface area (Å²) in [5, 5.41) is 3.03. The number of fused-ring (bicyclic) bond motifs is 2. The van der Waals surface area contributed by atoms with Crippen molar-refractivity contribution >= 4 is 23.0 Å². The monoisotopic (exact) mass is 523 g/mol. The Morgan fingerprint density at radius 1 is 1.24 bits per heavy atom. The maximum absolute atomic E-state index is 13.3. The first-order valence-electron chi connectivity index (χ1n) is 12.9. The van der Waals surface area contributed by atoms with Crippen molar-refractivity contribution in [2.75, 3.05) is 26.5 Å². The van der Waals surface area contributed by atoms with E-state index < -0.39 is 5.60 Å². The molecular formula is C27H33N5O6. The zero-order chi connectivity index (χ0) is 26.9. The Kier molecular flexibility index (Phi) is 7.00. The Morgan fingerprint density at radius 3 is 2.87 bits per heavy atom. The van der Waals surface area contributed by atoms with Crippen LogP contribution >= 0.6 is 0 Å². The van der Waals surface area contributed by atoms with Crippen molar-refractivity contribution in [1.29, 1.82) is 0 Å². The Bertz CT molecular complexity index is 1350. The average Bonchev–Trinajstić information content (AvgIpc) is 3.62. The highest BCUT2D eigenvalue weighted by molar-refractivity contribution is 6.08. The minimum absolute atomic E-state index is 0.106. The first kappa shape index (κ1) is 25.6. The molecule has 1 unspecified atom stereocenters. The topological polar surface area (TPSA) is 128 Å². The fourth-order valence-corrected chi connectivity index (χ4v) is 4.56. The van der Waals surface area contributed by atoms with Gasteiger partial charge in [-0.1, -0.05) is 13.3 Å². The molecule has 11 nitrogen and oxygen atoms in total. The van der Waals surface area contributed by atoms with E-state index in [1.807, 2.05) is 32.9 Å². The number of unbranched alkanes of at least 4 members (excludes halogenated alkanes) is 1. The SMILES string of the molecule is CCCCOc1ccc2c(c1-c1ncnc3c(C(=O)NC4CCN(C(=O)OC(C)(C)C)C4)c[nH]c13)OCO2. The molecule has 202 valence electrons. The number of hydrogen-bond donors (Lipinski definition) is 2. The predicted molar refractivity (Wildman–Crippen MR) is 140 cm³/mol. The molecule has 2 N–H and O–H groups in total. The molecule has 2 aliphatic rings. The van der Waals surface area contributed by atoms with Gasteiger partial charge in [0.1, 0.15) is 28.9 Å². The number of H-pyrrole nitrogens is 1. The van der Waals surface area contributed by atoms with Gasteiger partial charge in [-0.3, -0.25) is 4.79 Å². The Morgan fingerprint density at radius 2 is 2.08 bits per heavy atom. The summed E-state index contributed by atoms with van der Waals surface area (Å²) in [6.45, 7) is 9.15. The van der Waals surface area contributed by atoms with Crippen LogP contribution in [0.25, 0.3) is 22.3 Å². The van der Waals surface area contributed by atoms with Crippen LogP contribution in [0.3, 0.4) is 0 Å². The number of nitrogens with zero attached hydrogens (tertiary/aromatic N) is 3. The number of carbonyl (C=O) groups excluding carboxylic acids is 2. The first-order valence-corrected chi connectivity index (χ1v) is 12.9. The summed E-state index contributed by atoms with van der Waals surface area (Å²) in [7, 11) is 0. The van der Waals surface area contributed by atoms with Crippen molar-refractivity contribution < 1.29 is 28.5 Å². The molecule has 2 amide bonds. The van der Waals surface area contributed by atoms with E-state index in [4.69, 9.17) is 18.9 Å². The summed E-state index contributed by atoms with van der Waals surface area (Å²) >= 11 is 0. The second-order valence-electron chi connectivity index (χ2n) is 10.4. The summed E-state index contributed by atoms with van der Waals surface area (Å²) in [6.07, 6.45) is 5.22. The summed E-state index contributed by atoms with van der Waals surface area (Å²) in [5.41, 5.74) is 2.09. The van der Waals surface area contributed by atoms with Crippen molar-refractivity contribution in [3.8, 4) is 28.5 Å². The Labute approximate surface area is 220 Å². The molecule has 0 aliphatic carbocycles. The van der Waals surface area contributed by atoms with Crippen molar-refractivity contribution in [2.45, 2.75) is 58.6 Å². The van der Waals surface area contributed by atoms with Crippen LogP contribution in [0.1, 0.15) is 57.3 Å². The molecule has 1 fully saturated rings. The number of amides is 2. The zero-order valence-corrected chi connectivity index (χ0v) is 22.1. The zero-order valence-electron chi connectivity index (χ0n) is 22.1. The van der Waals surface area contributed by atoms with E-state index in [0.29, 0.717) is 71.2 Å². The molecule has 38 heavy (non-hydrogen) atoms. The fraction of sp³-hybridized carbons (Fsp3) is 0.481. The summed E-state index contributed by atoms with van der Waals surface area (Å²) < 4.78 is 22.9. The number of benzene rings is 1. The number of likely N-dealkylation sites (tertiary alicyclic amines) is 1. The van der Waals surface area contributed by atoms with Gasteiger partial charge in [0.25, 0.3) is 5.91 Å². The number of ether oxygens (including phenoxy) is 4. The van der Waals surface area contributed by atoms with Gasteiger partial charge in [0.2, 0.25) is 6.79 Å². The van der Waals surface area contributed by atoms with Crippen molar-refractivity contribution in [3.05, 3.63) is 30.2 Å². The van der Waals surface area contributed by atoms with Crippen molar-refractivity contribution in [2.24, 2.45) is 0 Å². The van der Waals surface area contributed by atoms with E-state index in [9.17, 15) is 9.59 Å². The summed E-state index contributed by atoms with van der Waals surface area (Å²) in [4.78, 5) is 39.4. The molecule has 0 radical (unpaired) electrons. The van der Waals surface area contributed by atoms with Crippen LogP contribution in [0.5, 0.6) is 17.2 Å². The number of carbonyl (C=O) groups is 2. The molecule has 0 saturated carbocycles. The Balaban J connectivity index is 1.39. The van der Waals surface area contributed by atoms with Gasteiger partial charge in [-0.05, 0) is 45.7 Å². The molecule has 4 heterocycles. The third-order valence-electron chi connectivity index (χ3n) is 6.38.